The molecule has 0 N–H and O–H groups in total. The summed E-state index contributed by atoms with van der Waals surface area (Å²) < 4.78 is 0. The minimum atomic E-state index is 0.0940. The highest BCUT2D eigenvalue weighted by molar-refractivity contribution is 7.99. The van der Waals surface area contributed by atoms with Crippen molar-refractivity contribution in [3.63, 3.8) is 0 Å². The van der Waals surface area contributed by atoms with Gasteiger partial charge in [0.25, 0.3) is 0 Å². The lowest BCUT2D eigenvalue weighted by Gasteiger charge is -2.26. The zero-order chi connectivity index (χ0) is 14.5. The van der Waals surface area contributed by atoms with E-state index in [0.29, 0.717) is 0 Å². The Morgan fingerprint density at radius 2 is 1.52 bits per heavy atom. The fourth-order valence-electron chi connectivity index (χ4n) is 2.54. The van der Waals surface area contributed by atoms with E-state index in [-0.39, 0.29) is 5.78 Å². The van der Waals surface area contributed by atoms with Crippen LogP contribution in [0.4, 0.5) is 0 Å². The maximum Gasteiger partial charge on any atom is 0.193 e. The zero-order valence-corrected chi connectivity index (χ0v) is 12.8. The zero-order valence-electron chi connectivity index (χ0n) is 12.0. The van der Waals surface area contributed by atoms with Gasteiger partial charge >= 0.3 is 0 Å². The van der Waals surface area contributed by atoms with Gasteiger partial charge in [0.1, 0.15) is 0 Å². The van der Waals surface area contributed by atoms with Gasteiger partial charge in [0.2, 0.25) is 0 Å². The van der Waals surface area contributed by atoms with E-state index in [4.69, 9.17) is 0 Å². The number of thioether (sulfide) groups is 1. The van der Waals surface area contributed by atoms with Crippen molar-refractivity contribution in [3.05, 3.63) is 71.3 Å². The number of rotatable bonds is 4. The van der Waals surface area contributed by atoms with Gasteiger partial charge in [-0.2, -0.15) is 11.8 Å². The van der Waals surface area contributed by atoms with Crippen molar-refractivity contribution in [3.8, 4) is 0 Å². The Balaban J connectivity index is 1.67. The summed E-state index contributed by atoms with van der Waals surface area (Å²) in [5.74, 6) is 2.55. The second kappa shape index (κ2) is 6.92. The van der Waals surface area contributed by atoms with Crippen molar-refractivity contribution in [1.29, 1.82) is 0 Å². The van der Waals surface area contributed by atoms with Gasteiger partial charge in [0.15, 0.2) is 5.78 Å². The van der Waals surface area contributed by atoms with Gasteiger partial charge in [-0.3, -0.25) is 9.69 Å². The fourth-order valence-corrected chi connectivity index (χ4v) is 3.51. The lowest BCUT2D eigenvalue weighted by molar-refractivity contribution is 0.103. The van der Waals surface area contributed by atoms with Gasteiger partial charge in [-0.25, -0.2) is 0 Å². The Labute approximate surface area is 130 Å². The Morgan fingerprint density at radius 1 is 0.905 bits per heavy atom. The van der Waals surface area contributed by atoms with E-state index in [2.05, 4.69) is 17.0 Å². The third-order valence-electron chi connectivity index (χ3n) is 3.76. The van der Waals surface area contributed by atoms with Crippen LogP contribution < -0.4 is 0 Å². The average Bonchev–Trinajstić information content (AvgIpc) is 2.57. The third-order valence-corrected chi connectivity index (χ3v) is 4.70. The first-order valence-corrected chi connectivity index (χ1v) is 8.47. The molecule has 21 heavy (non-hydrogen) atoms. The minimum Gasteiger partial charge on any atom is -0.297 e. The van der Waals surface area contributed by atoms with E-state index in [1.165, 1.54) is 17.1 Å². The highest BCUT2D eigenvalue weighted by atomic mass is 32.2. The number of nitrogens with zero attached hydrogens (tertiary/aromatic N) is 1. The molecule has 0 bridgehead atoms. The molecular weight excluding hydrogens is 278 g/mol. The van der Waals surface area contributed by atoms with E-state index in [1.807, 2.05) is 54.2 Å². The van der Waals surface area contributed by atoms with Crippen LogP contribution in [0.2, 0.25) is 0 Å². The van der Waals surface area contributed by atoms with Crippen molar-refractivity contribution in [1.82, 2.24) is 4.90 Å². The quantitative estimate of drug-likeness (QED) is 0.806. The smallest absolute Gasteiger partial charge is 0.193 e. The van der Waals surface area contributed by atoms with Crippen molar-refractivity contribution in [2.45, 2.75) is 6.54 Å². The maximum atomic E-state index is 12.3. The van der Waals surface area contributed by atoms with Crippen LogP contribution >= 0.6 is 11.8 Å². The Kier molecular flexibility index (Phi) is 4.73. The molecule has 108 valence electrons. The van der Waals surface area contributed by atoms with Crippen LogP contribution in [-0.4, -0.2) is 35.3 Å². The molecule has 1 fully saturated rings. The molecule has 0 saturated carbocycles. The molecule has 0 atom stereocenters. The molecule has 1 heterocycles. The van der Waals surface area contributed by atoms with Crippen LogP contribution in [0.5, 0.6) is 0 Å². The molecule has 0 spiro atoms. The monoisotopic (exact) mass is 297 g/mol. The minimum absolute atomic E-state index is 0.0940. The molecule has 0 unspecified atom stereocenters. The predicted molar refractivity (Wildman–Crippen MR) is 88.9 cm³/mol. The number of benzene rings is 2. The van der Waals surface area contributed by atoms with Crippen LogP contribution in [0.1, 0.15) is 21.5 Å². The van der Waals surface area contributed by atoms with Crippen molar-refractivity contribution in [2.24, 2.45) is 0 Å². The van der Waals surface area contributed by atoms with E-state index in [9.17, 15) is 4.79 Å². The summed E-state index contributed by atoms with van der Waals surface area (Å²) in [5, 5.41) is 0. The Morgan fingerprint density at radius 3 is 2.19 bits per heavy atom. The standard InChI is InChI=1S/C18H19NOS/c20-18(16-4-2-1-3-5-16)17-8-6-15(7-9-17)14-19-10-12-21-13-11-19/h1-9H,10-14H2. The Bertz CT molecular complexity index is 588. The SMILES string of the molecule is O=C(c1ccccc1)c1ccc(CN2CCSCC2)cc1. The lowest BCUT2D eigenvalue weighted by atomic mass is 10.0. The lowest BCUT2D eigenvalue weighted by Crippen LogP contribution is -2.31. The first kappa shape index (κ1) is 14.4. The Hall–Kier alpha value is -1.58. The maximum absolute atomic E-state index is 12.3. The predicted octanol–water partition coefficient (Wildman–Crippen LogP) is 3.47. The van der Waals surface area contributed by atoms with Gasteiger partial charge in [0.05, 0.1) is 0 Å². The molecule has 2 aromatic rings. The van der Waals surface area contributed by atoms with Gasteiger partial charge in [-0.05, 0) is 5.56 Å². The van der Waals surface area contributed by atoms with Gasteiger partial charge in [-0.15, -0.1) is 0 Å². The molecule has 2 aromatic carbocycles. The molecule has 3 rings (SSSR count). The van der Waals surface area contributed by atoms with Crippen molar-refractivity contribution in [2.75, 3.05) is 24.6 Å². The van der Waals surface area contributed by atoms with Crippen molar-refractivity contribution < 1.29 is 4.79 Å². The molecule has 0 aliphatic carbocycles. The summed E-state index contributed by atoms with van der Waals surface area (Å²) in [6, 6.07) is 17.5. The van der Waals surface area contributed by atoms with Crippen LogP contribution in [0.3, 0.4) is 0 Å². The molecule has 1 aliphatic heterocycles. The summed E-state index contributed by atoms with van der Waals surface area (Å²) in [4.78, 5) is 14.8. The highest BCUT2D eigenvalue weighted by Crippen LogP contribution is 2.15. The molecule has 0 amide bonds. The molecule has 0 radical (unpaired) electrons. The molecule has 3 heteroatoms. The fraction of sp³-hybridized carbons (Fsp3) is 0.278. The molecule has 0 aromatic heterocycles. The second-order valence-electron chi connectivity index (χ2n) is 5.28. The molecule has 2 nitrogen and oxygen atoms in total. The largest absolute Gasteiger partial charge is 0.297 e. The normalized spacial score (nSPS) is 15.8. The highest BCUT2D eigenvalue weighted by Gasteiger charge is 2.12. The number of hydrogen-bond donors (Lipinski definition) is 0. The number of carbonyl (C=O) groups excluding carboxylic acids is 1. The van der Waals surface area contributed by atoms with Crippen LogP contribution in [0.25, 0.3) is 0 Å². The van der Waals surface area contributed by atoms with Crippen LogP contribution in [0, 0.1) is 0 Å². The summed E-state index contributed by atoms with van der Waals surface area (Å²) in [7, 11) is 0. The van der Waals surface area contributed by atoms with Crippen LogP contribution in [-0.2, 0) is 6.54 Å². The summed E-state index contributed by atoms with van der Waals surface area (Å²) >= 11 is 2.03. The van der Waals surface area contributed by atoms with Gasteiger partial charge in [0, 0.05) is 42.3 Å². The molecule has 1 saturated heterocycles. The first-order valence-electron chi connectivity index (χ1n) is 7.32. The van der Waals surface area contributed by atoms with Crippen LogP contribution in [0.15, 0.2) is 54.6 Å². The van der Waals surface area contributed by atoms with E-state index in [1.54, 1.807) is 0 Å². The molecule has 1 aliphatic rings. The number of hydrogen-bond acceptors (Lipinski definition) is 3. The van der Waals surface area contributed by atoms with E-state index < -0.39 is 0 Å². The van der Waals surface area contributed by atoms with E-state index >= 15 is 0 Å². The number of carbonyl (C=O) groups is 1. The first-order chi connectivity index (χ1) is 10.3. The summed E-state index contributed by atoms with van der Waals surface area (Å²) in [6.45, 7) is 3.31. The second-order valence-corrected chi connectivity index (χ2v) is 6.51. The number of ketones is 1. The van der Waals surface area contributed by atoms with Gasteiger partial charge < -0.3 is 0 Å². The molecular formula is C18H19NOS. The summed E-state index contributed by atoms with van der Waals surface area (Å²) in [5.41, 5.74) is 2.80. The van der Waals surface area contributed by atoms with E-state index in [0.717, 1.165) is 30.8 Å². The van der Waals surface area contributed by atoms with Crippen molar-refractivity contribution >= 4 is 17.5 Å². The topological polar surface area (TPSA) is 20.3 Å². The third kappa shape index (κ3) is 3.74. The average molecular weight is 297 g/mol. The summed E-state index contributed by atoms with van der Waals surface area (Å²) in [6.07, 6.45) is 0. The van der Waals surface area contributed by atoms with Gasteiger partial charge in [-0.1, -0.05) is 54.6 Å².